The Hall–Kier alpha value is -0.870. The SMILES string of the molecule is CC(C)n1ccnc1C1OCCC1N. The fourth-order valence-corrected chi connectivity index (χ4v) is 1.85. The Balaban J connectivity index is 2.26. The maximum Gasteiger partial charge on any atom is 0.139 e. The lowest BCUT2D eigenvalue weighted by Gasteiger charge is -2.18. The average molecular weight is 195 g/mol. The molecule has 0 amide bonds. The van der Waals surface area contributed by atoms with Gasteiger partial charge in [0, 0.05) is 31.1 Å². The zero-order valence-electron chi connectivity index (χ0n) is 8.68. The van der Waals surface area contributed by atoms with E-state index in [1.54, 1.807) is 0 Å². The quantitative estimate of drug-likeness (QED) is 0.772. The number of nitrogens with zero attached hydrogens (tertiary/aromatic N) is 2. The Morgan fingerprint density at radius 2 is 2.43 bits per heavy atom. The summed E-state index contributed by atoms with van der Waals surface area (Å²) in [6.45, 7) is 5.01. The van der Waals surface area contributed by atoms with Crippen molar-refractivity contribution >= 4 is 0 Å². The van der Waals surface area contributed by atoms with Crippen molar-refractivity contribution in [2.45, 2.75) is 38.5 Å². The van der Waals surface area contributed by atoms with Gasteiger partial charge in [0.25, 0.3) is 0 Å². The second-order valence-corrected chi connectivity index (χ2v) is 4.03. The molecule has 2 rings (SSSR count). The Kier molecular flexibility index (Phi) is 2.56. The average Bonchev–Trinajstić information content (AvgIpc) is 2.70. The van der Waals surface area contributed by atoms with Gasteiger partial charge in [0.1, 0.15) is 11.9 Å². The number of ether oxygens (including phenoxy) is 1. The second-order valence-electron chi connectivity index (χ2n) is 4.03. The van der Waals surface area contributed by atoms with E-state index in [1.807, 2.05) is 12.4 Å². The molecule has 0 spiro atoms. The van der Waals surface area contributed by atoms with Crippen molar-refractivity contribution in [3.8, 4) is 0 Å². The van der Waals surface area contributed by atoms with Crippen LogP contribution < -0.4 is 5.73 Å². The molecule has 0 saturated carbocycles. The van der Waals surface area contributed by atoms with E-state index in [-0.39, 0.29) is 12.1 Å². The van der Waals surface area contributed by atoms with Crippen LogP contribution in [0.25, 0.3) is 0 Å². The van der Waals surface area contributed by atoms with Crippen LogP contribution in [0.1, 0.15) is 38.2 Å². The van der Waals surface area contributed by atoms with Crippen LogP contribution in [-0.4, -0.2) is 22.2 Å². The molecule has 1 aromatic heterocycles. The summed E-state index contributed by atoms with van der Waals surface area (Å²) < 4.78 is 7.71. The van der Waals surface area contributed by atoms with Crippen molar-refractivity contribution in [2.75, 3.05) is 6.61 Å². The number of aromatic nitrogens is 2. The van der Waals surface area contributed by atoms with E-state index in [9.17, 15) is 0 Å². The maximum absolute atomic E-state index is 5.96. The van der Waals surface area contributed by atoms with Crippen molar-refractivity contribution in [2.24, 2.45) is 5.73 Å². The zero-order valence-corrected chi connectivity index (χ0v) is 8.68. The van der Waals surface area contributed by atoms with Gasteiger partial charge in [-0.1, -0.05) is 0 Å². The van der Waals surface area contributed by atoms with Crippen LogP contribution in [0.15, 0.2) is 12.4 Å². The molecule has 0 radical (unpaired) electrons. The summed E-state index contributed by atoms with van der Waals surface area (Å²) in [4.78, 5) is 4.33. The van der Waals surface area contributed by atoms with Gasteiger partial charge in [-0.25, -0.2) is 4.98 Å². The monoisotopic (exact) mass is 195 g/mol. The topological polar surface area (TPSA) is 53.1 Å². The standard InChI is InChI=1S/C10H17N3O/c1-7(2)13-5-4-12-10(13)9-8(11)3-6-14-9/h4-5,7-9H,3,6,11H2,1-2H3. The lowest BCUT2D eigenvalue weighted by Crippen LogP contribution is -2.26. The van der Waals surface area contributed by atoms with Gasteiger partial charge in [0.15, 0.2) is 0 Å². The summed E-state index contributed by atoms with van der Waals surface area (Å²) in [6.07, 6.45) is 4.70. The molecular weight excluding hydrogens is 178 g/mol. The highest BCUT2D eigenvalue weighted by Gasteiger charge is 2.30. The molecule has 1 aliphatic rings. The van der Waals surface area contributed by atoms with E-state index >= 15 is 0 Å². The molecule has 0 aliphatic carbocycles. The summed E-state index contributed by atoms with van der Waals surface area (Å²) in [5.74, 6) is 0.963. The molecule has 4 heteroatoms. The first kappa shape index (κ1) is 9.68. The first-order chi connectivity index (χ1) is 6.70. The Morgan fingerprint density at radius 1 is 1.64 bits per heavy atom. The van der Waals surface area contributed by atoms with Crippen molar-refractivity contribution in [3.63, 3.8) is 0 Å². The predicted molar refractivity (Wildman–Crippen MR) is 53.9 cm³/mol. The van der Waals surface area contributed by atoms with Crippen LogP contribution in [0.4, 0.5) is 0 Å². The number of hydrogen-bond donors (Lipinski definition) is 1. The molecule has 1 saturated heterocycles. The first-order valence-corrected chi connectivity index (χ1v) is 5.10. The summed E-state index contributed by atoms with van der Waals surface area (Å²) in [7, 11) is 0. The molecule has 1 aromatic rings. The lowest BCUT2D eigenvalue weighted by atomic mass is 10.1. The largest absolute Gasteiger partial charge is 0.369 e. The van der Waals surface area contributed by atoms with Gasteiger partial charge >= 0.3 is 0 Å². The highest BCUT2D eigenvalue weighted by molar-refractivity contribution is 5.03. The normalized spacial score (nSPS) is 27.4. The van der Waals surface area contributed by atoms with Crippen LogP contribution in [-0.2, 0) is 4.74 Å². The fourth-order valence-electron chi connectivity index (χ4n) is 1.85. The molecule has 14 heavy (non-hydrogen) atoms. The third kappa shape index (κ3) is 1.55. The molecule has 0 aromatic carbocycles. The van der Waals surface area contributed by atoms with E-state index < -0.39 is 0 Å². The van der Waals surface area contributed by atoms with Crippen LogP contribution in [0.5, 0.6) is 0 Å². The third-order valence-electron chi connectivity index (χ3n) is 2.65. The Labute approximate surface area is 84.1 Å². The van der Waals surface area contributed by atoms with Crippen molar-refractivity contribution in [3.05, 3.63) is 18.2 Å². The molecule has 4 nitrogen and oxygen atoms in total. The maximum atomic E-state index is 5.96. The molecule has 1 aliphatic heterocycles. The van der Waals surface area contributed by atoms with Gasteiger partial charge in [0.05, 0.1) is 0 Å². The van der Waals surface area contributed by atoms with Crippen LogP contribution >= 0.6 is 0 Å². The molecule has 2 atom stereocenters. The number of imidazole rings is 1. The number of rotatable bonds is 2. The lowest BCUT2D eigenvalue weighted by molar-refractivity contribution is 0.0939. The van der Waals surface area contributed by atoms with E-state index in [4.69, 9.17) is 10.5 Å². The Morgan fingerprint density at radius 3 is 3.00 bits per heavy atom. The minimum absolute atomic E-state index is 0.0209. The Bertz CT molecular complexity index is 308. The van der Waals surface area contributed by atoms with E-state index in [1.165, 1.54) is 0 Å². The highest BCUT2D eigenvalue weighted by Crippen LogP contribution is 2.27. The minimum atomic E-state index is -0.0209. The van der Waals surface area contributed by atoms with Crippen LogP contribution in [0.2, 0.25) is 0 Å². The van der Waals surface area contributed by atoms with E-state index in [2.05, 4.69) is 23.4 Å². The van der Waals surface area contributed by atoms with Crippen LogP contribution in [0.3, 0.4) is 0 Å². The van der Waals surface area contributed by atoms with E-state index in [0.29, 0.717) is 6.04 Å². The molecule has 1 fully saturated rings. The van der Waals surface area contributed by atoms with Crippen molar-refractivity contribution in [1.29, 1.82) is 0 Å². The van der Waals surface area contributed by atoms with Gasteiger partial charge < -0.3 is 15.0 Å². The van der Waals surface area contributed by atoms with Gasteiger partial charge in [-0.15, -0.1) is 0 Å². The van der Waals surface area contributed by atoms with Gasteiger partial charge in [-0.05, 0) is 20.3 Å². The minimum Gasteiger partial charge on any atom is -0.369 e. The predicted octanol–water partition coefficient (Wildman–Crippen LogP) is 1.25. The molecule has 0 bridgehead atoms. The summed E-state index contributed by atoms with van der Waals surface area (Å²) >= 11 is 0. The molecular formula is C10H17N3O. The van der Waals surface area contributed by atoms with Gasteiger partial charge in [-0.3, -0.25) is 0 Å². The summed E-state index contributed by atoms with van der Waals surface area (Å²) in [6, 6.07) is 0.499. The van der Waals surface area contributed by atoms with Crippen molar-refractivity contribution in [1.82, 2.24) is 9.55 Å². The smallest absolute Gasteiger partial charge is 0.139 e. The number of nitrogens with two attached hydrogens (primary N) is 1. The molecule has 2 heterocycles. The fraction of sp³-hybridized carbons (Fsp3) is 0.700. The van der Waals surface area contributed by atoms with Gasteiger partial charge in [-0.2, -0.15) is 0 Å². The molecule has 78 valence electrons. The molecule has 2 unspecified atom stereocenters. The highest BCUT2D eigenvalue weighted by atomic mass is 16.5. The molecule has 2 N–H and O–H groups in total. The van der Waals surface area contributed by atoms with E-state index in [0.717, 1.165) is 18.9 Å². The summed E-state index contributed by atoms with van der Waals surface area (Å²) in [5.41, 5.74) is 5.96. The first-order valence-electron chi connectivity index (χ1n) is 5.10. The van der Waals surface area contributed by atoms with Crippen LogP contribution in [0, 0.1) is 0 Å². The van der Waals surface area contributed by atoms with Gasteiger partial charge in [0.2, 0.25) is 0 Å². The number of hydrogen-bond acceptors (Lipinski definition) is 3. The summed E-state index contributed by atoms with van der Waals surface area (Å²) in [5, 5.41) is 0. The second kappa shape index (κ2) is 3.71. The van der Waals surface area contributed by atoms with Crippen molar-refractivity contribution < 1.29 is 4.74 Å². The zero-order chi connectivity index (χ0) is 10.1. The third-order valence-corrected chi connectivity index (χ3v) is 2.65.